The molecule has 1 N–H and O–H groups in total. The number of anilines is 1. The average molecular weight is 520 g/mol. The lowest BCUT2D eigenvalue weighted by atomic mass is 10.0. The maximum atomic E-state index is 13.0. The fraction of sp³-hybridized carbons (Fsp3) is 0.250. The van der Waals surface area contributed by atoms with Crippen LogP contribution in [0.3, 0.4) is 0 Å². The van der Waals surface area contributed by atoms with Gasteiger partial charge in [0, 0.05) is 17.8 Å². The minimum absolute atomic E-state index is 0.0126. The Morgan fingerprint density at radius 3 is 2.49 bits per heavy atom. The largest absolute Gasteiger partial charge is 0.416 e. The third kappa shape index (κ3) is 5.76. The van der Waals surface area contributed by atoms with Crippen LogP contribution in [0.15, 0.2) is 47.6 Å². The third-order valence-corrected chi connectivity index (χ3v) is 6.60. The van der Waals surface area contributed by atoms with Crippen LogP contribution in [0, 0.1) is 20.8 Å². The van der Waals surface area contributed by atoms with Crippen molar-refractivity contribution in [2.45, 2.75) is 38.5 Å². The molecule has 1 amide bonds. The van der Waals surface area contributed by atoms with Gasteiger partial charge >= 0.3 is 6.18 Å². The minimum Gasteiger partial charge on any atom is -0.324 e. The third-order valence-electron chi connectivity index (χ3n) is 5.43. The van der Waals surface area contributed by atoms with E-state index >= 15 is 0 Å². The number of aryl methyl sites for hydroxylation is 3. The van der Waals surface area contributed by atoms with Crippen molar-refractivity contribution >= 4 is 40.7 Å². The van der Waals surface area contributed by atoms with Crippen LogP contribution in [0.25, 0.3) is 5.78 Å². The van der Waals surface area contributed by atoms with Crippen LogP contribution in [0.1, 0.15) is 33.6 Å². The number of nitrogens with zero attached hydrogens (tertiary/aromatic N) is 4. The van der Waals surface area contributed by atoms with E-state index in [0.717, 1.165) is 52.5 Å². The van der Waals surface area contributed by atoms with Crippen LogP contribution in [-0.2, 0) is 17.4 Å². The topological polar surface area (TPSA) is 72.2 Å². The molecule has 0 aliphatic rings. The number of carbonyl (C=O) groups is 1. The maximum absolute atomic E-state index is 13.0. The Hall–Kier alpha value is -3.11. The molecule has 0 atom stereocenters. The number of carbonyl (C=O) groups excluding carboxylic acids is 1. The number of hydrogen-bond donors (Lipinski definition) is 1. The van der Waals surface area contributed by atoms with Gasteiger partial charge in [0.2, 0.25) is 11.1 Å². The van der Waals surface area contributed by atoms with Crippen LogP contribution in [0.2, 0.25) is 5.02 Å². The number of nitrogens with one attached hydrogen (secondary N) is 1. The first-order chi connectivity index (χ1) is 16.5. The lowest BCUT2D eigenvalue weighted by molar-refractivity contribution is -0.137. The van der Waals surface area contributed by atoms with E-state index in [9.17, 15) is 18.0 Å². The zero-order valence-corrected chi connectivity index (χ0v) is 20.6. The molecule has 0 saturated carbocycles. The number of alkyl halides is 3. The highest BCUT2D eigenvalue weighted by Crippen LogP contribution is 2.34. The Labute approximate surface area is 208 Å². The van der Waals surface area contributed by atoms with E-state index in [1.165, 1.54) is 5.56 Å². The first kappa shape index (κ1) is 25.0. The Bertz CT molecular complexity index is 1400. The molecule has 2 aromatic carbocycles. The summed E-state index contributed by atoms with van der Waals surface area (Å²) in [7, 11) is 0. The van der Waals surface area contributed by atoms with E-state index in [2.05, 4.69) is 44.6 Å². The van der Waals surface area contributed by atoms with Gasteiger partial charge in [-0.3, -0.25) is 4.79 Å². The molecule has 4 rings (SSSR count). The molecule has 0 fully saturated rings. The summed E-state index contributed by atoms with van der Waals surface area (Å²) in [6.45, 7) is 5.90. The molecule has 0 saturated heterocycles. The van der Waals surface area contributed by atoms with Gasteiger partial charge in [-0.1, -0.05) is 53.2 Å². The van der Waals surface area contributed by atoms with E-state index in [4.69, 9.17) is 11.6 Å². The van der Waals surface area contributed by atoms with Gasteiger partial charge in [0.15, 0.2) is 0 Å². The van der Waals surface area contributed by atoms with E-state index in [0.29, 0.717) is 17.4 Å². The lowest BCUT2D eigenvalue weighted by Gasteiger charge is -2.11. The number of thioether (sulfide) groups is 1. The van der Waals surface area contributed by atoms with Crippen LogP contribution in [0.5, 0.6) is 0 Å². The molecule has 2 heterocycles. The molecular weight excluding hydrogens is 499 g/mol. The summed E-state index contributed by atoms with van der Waals surface area (Å²) in [6, 6.07) is 11.0. The summed E-state index contributed by atoms with van der Waals surface area (Å²) < 4.78 is 40.5. The van der Waals surface area contributed by atoms with Crippen molar-refractivity contribution in [1.29, 1.82) is 0 Å². The normalized spacial score (nSPS) is 11.7. The molecule has 0 bridgehead atoms. The Balaban J connectivity index is 1.48. The molecular formula is C24H21ClF3N5OS. The molecule has 6 nitrogen and oxygen atoms in total. The average Bonchev–Trinajstić information content (AvgIpc) is 3.20. The van der Waals surface area contributed by atoms with Gasteiger partial charge in [-0.2, -0.15) is 18.2 Å². The Morgan fingerprint density at radius 1 is 1.09 bits per heavy atom. The number of amides is 1. The van der Waals surface area contributed by atoms with Crippen LogP contribution >= 0.6 is 23.4 Å². The monoisotopic (exact) mass is 519 g/mol. The fourth-order valence-corrected chi connectivity index (χ4v) is 4.31. The lowest BCUT2D eigenvalue weighted by Crippen LogP contribution is -2.15. The predicted molar refractivity (Wildman–Crippen MR) is 130 cm³/mol. The molecule has 11 heteroatoms. The highest BCUT2D eigenvalue weighted by Gasteiger charge is 2.31. The zero-order chi connectivity index (χ0) is 25.3. The summed E-state index contributed by atoms with van der Waals surface area (Å²) in [6.07, 6.45) is -3.84. The van der Waals surface area contributed by atoms with Crippen LogP contribution < -0.4 is 5.32 Å². The molecule has 182 valence electrons. The molecule has 0 spiro atoms. The molecule has 0 radical (unpaired) electrons. The van der Waals surface area contributed by atoms with Crippen molar-refractivity contribution in [3.8, 4) is 0 Å². The Morgan fingerprint density at radius 2 is 1.80 bits per heavy atom. The van der Waals surface area contributed by atoms with Crippen LogP contribution in [0.4, 0.5) is 18.9 Å². The standard InChI is InChI=1S/C24H21ClF3N5OS/c1-13-4-6-16(7-5-13)10-18-14(2)29-22-31-23(32-33(22)15(18)3)35-12-21(34)30-20-11-17(24(26,27)28)8-9-19(20)25/h4-9,11H,10,12H2,1-3H3,(H,30,34). The molecule has 35 heavy (non-hydrogen) atoms. The molecule has 0 aliphatic carbocycles. The quantitative estimate of drug-likeness (QED) is 0.314. The van der Waals surface area contributed by atoms with Crippen molar-refractivity contribution in [2.24, 2.45) is 0 Å². The van der Waals surface area contributed by atoms with Gasteiger partial charge in [-0.25, -0.2) is 9.50 Å². The highest BCUT2D eigenvalue weighted by atomic mass is 35.5. The SMILES string of the molecule is Cc1ccc(Cc2c(C)nc3nc(SCC(=O)Nc4cc(C(F)(F)F)ccc4Cl)nn3c2C)cc1. The van der Waals surface area contributed by atoms with Crippen molar-refractivity contribution in [2.75, 3.05) is 11.1 Å². The van der Waals surface area contributed by atoms with Crippen molar-refractivity contribution in [1.82, 2.24) is 19.6 Å². The number of fused-ring (bicyclic) bond motifs is 1. The van der Waals surface area contributed by atoms with Crippen molar-refractivity contribution in [3.05, 3.63) is 81.1 Å². The van der Waals surface area contributed by atoms with Gasteiger partial charge in [-0.15, -0.1) is 5.10 Å². The summed E-state index contributed by atoms with van der Waals surface area (Å²) in [5.41, 5.74) is 4.12. The van der Waals surface area contributed by atoms with Crippen molar-refractivity contribution < 1.29 is 18.0 Å². The molecule has 2 aromatic heterocycles. The minimum atomic E-state index is -4.54. The second kappa shape index (κ2) is 9.87. The van der Waals surface area contributed by atoms with E-state index in [1.54, 1.807) is 4.52 Å². The van der Waals surface area contributed by atoms with Gasteiger partial charge in [-0.05, 0) is 50.1 Å². The zero-order valence-electron chi connectivity index (χ0n) is 19.1. The number of halogens is 4. The van der Waals surface area contributed by atoms with E-state index in [-0.39, 0.29) is 16.5 Å². The van der Waals surface area contributed by atoms with Crippen molar-refractivity contribution in [3.63, 3.8) is 0 Å². The van der Waals surface area contributed by atoms with E-state index < -0.39 is 17.6 Å². The van der Waals surface area contributed by atoms with Gasteiger partial charge in [0.25, 0.3) is 5.78 Å². The Kier molecular flexibility index (Phi) is 7.05. The van der Waals surface area contributed by atoms with Gasteiger partial charge in [0.1, 0.15) is 0 Å². The number of aromatic nitrogens is 4. The second-order valence-electron chi connectivity index (χ2n) is 8.06. The molecule has 4 aromatic rings. The fourth-order valence-electron chi connectivity index (χ4n) is 3.53. The number of hydrogen-bond acceptors (Lipinski definition) is 5. The summed E-state index contributed by atoms with van der Waals surface area (Å²) in [4.78, 5) is 21.3. The summed E-state index contributed by atoms with van der Waals surface area (Å²) >= 11 is 7.00. The highest BCUT2D eigenvalue weighted by molar-refractivity contribution is 7.99. The number of benzene rings is 2. The summed E-state index contributed by atoms with van der Waals surface area (Å²) in [5, 5.41) is 7.23. The van der Waals surface area contributed by atoms with E-state index in [1.807, 2.05) is 20.8 Å². The van der Waals surface area contributed by atoms with Gasteiger partial charge in [0.05, 0.1) is 22.0 Å². The first-order valence-electron chi connectivity index (χ1n) is 10.6. The summed E-state index contributed by atoms with van der Waals surface area (Å²) in [5.74, 6) is -0.231. The number of rotatable bonds is 6. The molecule has 0 unspecified atom stereocenters. The molecule has 0 aliphatic heterocycles. The predicted octanol–water partition coefficient (Wildman–Crippen LogP) is 6.04. The second-order valence-corrected chi connectivity index (χ2v) is 9.41. The first-order valence-corrected chi connectivity index (χ1v) is 12.0. The van der Waals surface area contributed by atoms with Crippen LogP contribution in [-0.4, -0.2) is 31.2 Å². The maximum Gasteiger partial charge on any atom is 0.416 e. The van der Waals surface area contributed by atoms with Gasteiger partial charge < -0.3 is 5.32 Å². The smallest absolute Gasteiger partial charge is 0.324 e.